The van der Waals surface area contributed by atoms with Gasteiger partial charge in [-0.3, -0.25) is 4.79 Å². The number of ether oxygens (including phenoxy) is 4. The molecule has 0 saturated carbocycles. The zero-order valence-corrected chi connectivity index (χ0v) is 38.4. The van der Waals surface area contributed by atoms with Gasteiger partial charge >= 0.3 is 0 Å². The summed E-state index contributed by atoms with van der Waals surface area (Å²) in [5, 5.41) is 86.5. The maximum Gasteiger partial charge on any atom is 0.220 e. The van der Waals surface area contributed by atoms with Crippen LogP contribution in [0.15, 0.2) is 24.3 Å². The van der Waals surface area contributed by atoms with Crippen molar-refractivity contribution >= 4 is 5.91 Å². The smallest absolute Gasteiger partial charge is 0.220 e. The predicted octanol–water partition coefficient (Wildman–Crippen LogP) is 5.77. The molecule has 0 aromatic rings. The number of nitrogens with one attached hydrogen (secondary N) is 1. The van der Waals surface area contributed by atoms with E-state index in [4.69, 9.17) is 18.9 Å². The highest BCUT2D eigenvalue weighted by atomic mass is 16.7. The minimum atomic E-state index is -1.79. The molecule has 2 fully saturated rings. The van der Waals surface area contributed by atoms with E-state index < -0.39 is 86.8 Å². The van der Waals surface area contributed by atoms with E-state index >= 15 is 0 Å². The summed E-state index contributed by atoms with van der Waals surface area (Å²) >= 11 is 0. The largest absolute Gasteiger partial charge is 0.394 e. The summed E-state index contributed by atoms with van der Waals surface area (Å²) in [6.07, 6.45) is 20.9. The van der Waals surface area contributed by atoms with E-state index in [2.05, 4.69) is 31.3 Å². The van der Waals surface area contributed by atoms with Crippen LogP contribution in [0, 0.1) is 0 Å². The summed E-state index contributed by atoms with van der Waals surface area (Å²) in [5.74, 6) is -0.250. The fourth-order valence-electron chi connectivity index (χ4n) is 8.07. The van der Waals surface area contributed by atoms with Gasteiger partial charge in [-0.1, -0.05) is 167 Å². The molecule has 0 radical (unpaired) electrons. The minimum absolute atomic E-state index is 0.250. The number of rotatable bonds is 37. The monoisotopic (exact) mass is 888 g/mol. The fourth-order valence-corrected chi connectivity index (χ4v) is 8.07. The predicted molar refractivity (Wildman–Crippen MR) is 240 cm³/mol. The number of carbonyl (C=O) groups excluding carboxylic acids is 1. The number of amides is 1. The SMILES string of the molecule is CCCCCCC/C=C/CC/C=C/C(O)C(COC1OC(CO)C(OC2OC(CO)C(O)C(O)C2O)C(O)C1O)NC(=O)CCCCCCCCCCCCCCCCCCC. The van der Waals surface area contributed by atoms with Gasteiger partial charge in [0.05, 0.1) is 32.0 Å². The van der Waals surface area contributed by atoms with Gasteiger partial charge in [0, 0.05) is 6.42 Å². The molecule has 2 aliphatic rings. The van der Waals surface area contributed by atoms with Crippen LogP contribution in [0.1, 0.15) is 181 Å². The number of carbonyl (C=O) groups is 1. The fraction of sp³-hybridized carbons (Fsp3) is 0.896. The van der Waals surface area contributed by atoms with Gasteiger partial charge in [-0.05, 0) is 32.1 Å². The number of aliphatic hydroxyl groups is 8. The molecule has 2 heterocycles. The van der Waals surface area contributed by atoms with Crippen LogP contribution in [0.5, 0.6) is 0 Å². The summed E-state index contributed by atoms with van der Waals surface area (Å²) in [5.41, 5.74) is 0. The van der Waals surface area contributed by atoms with Crippen LogP contribution in [0.25, 0.3) is 0 Å². The Labute approximate surface area is 373 Å². The molecule has 1 amide bonds. The average Bonchev–Trinajstić information content (AvgIpc) is 3.27. The molecule has 364 valence electrons. The minimum Gasteiger partial charge on any atom is -0.394 e. The Morgan fingerprint density at radius 2 is 1.03 bits per heavy atom. The third kappa shape index (κ3) is 23.1. The number of aliphatic hydroxyl groups excluding tert-OH is 8. The van der Waals surface area contributed by atoms with Crippen molar-refractivity contribution in [2.45, 2.75) is 254 Å². The molecule has 2 saturated heterocycles. The first-order chi connectivity index (χ1) is 30.1. The van der Waals surface area contributed by atoms with Crippen molar-refractivity contribution < 1.29 is 64.6 Å². The molecule has 0 spiro atoms. The number of hydrogen-bond acceptors (Lipinski definition) is 13. The lowest BCUT2D eigenvalue weighted by molar-refractivity contribution is -0.359. The first kappa shape index (κ1) is 56.6. The summed E-state index contributed by atoms with van der Waals surface area (Å²) < 4.78 is 22.6. The molecule has 12 unspecified atom stereocenters. The second-order valence-electron chi connectivity index (χ2n) is 17.6. The third-order valence-corrected chi connectivity index (χ3v) is 12.1. The van der Waals surface area contributed by atoms with Crippen molar-refractivity contribution in [3.63, 3.8) is 0 Å². The second kappa shape index (κ2) is 35.7. The Balaban J connectivity index is 1.85. The number of allylic oxidation sites excluding steroid dienone is 3. The van der Waals surface area contributed by atoms with E-state index in [1.54, 1.807) is 6.08 Å². The molecule has 0 bridgehead atoms. The maximum absolute atomic E-state index is 13.1. The van der Waals surface area contributed by atoms with Crippen LogP contribution in [0.4, 0.5) is 0 Å². The van der Waals surface area contributed by atoms with Gasteiger partial charge in [0.1, 0.15) is 48.8 Å². The van der Waals surface area contributed by atoms with E-state index in [0.717, 1.165) is 32.1 Å². The molecule has 12 atom stereocenters. The molecule has 14 nitrogen and oxygen atoms in total. The van der Waals surface area contributed by atoms with Gasteiger partial charge in [-0.15, -0.1) is 0 Å². The first-order valence-corrected chi connectivity index (χ1v) is 24.6. The van der Waals surface area contributed by atoms with E-state index in [-0.39, 0.29) is 18.9 Å². The first-order valence-electron chi connectivity index (χ1n) is 24.6. The molecule has 0 aromatic heterocycles. The van der Waals surface area contributed by atoms with E-state index in [1.807, 2.05) is 6.08 Å². The quantitative estimate of drug-likeness (QED) is 0.0267. The van der Waals surface area contributed by atoms with Crippen molar-refractivity contribution in [1.82, 2.24) is 5.32 Å². The average molecular weight is 888 g/mol. The summed E-state index contributed by atoms with van der Waals surface area (Å²) in [7, 11) is 0. The van der Waals surface area contributed by atoms with Gasteiger partial charge in [-0.25, -0.2) is 0 Å². The maximum atomic E-state index is 13.1. The Hall–Kier alpha value is -1.53. The Bertz CT molecular complexity index is 1140. The van der Waals surface area contributed by atoms with Gasteiger partial charge < -0.3 is 65.1 Å². The van der Waals surface area contributed by atoms with Gasteiger partial charge in [-0.2, -0.15) is 0 Å². The molecular formula is C48H89NO13. The molecule has 2 rings (SSSR count). The topological polar surface area (TPSA) is 228 Å². The van der Waals surface area contributed by atoms with Crippen LogP contribution < -0.4 is 5.32 Å². The highest BCUT2D eigenvalue weighted by Gasteiger charge is 2.51. The van der Waals surface area contributed by atoms with Crippen molar-refractivity contribution in [2.24, 2.45) is 0 Å². The van der Waals surface area contributed by atoms with E-state index in [0.29, 0.717) is 12.8 Å². The van der Waals surface area contributed by atoms with Gasteiger partial charge in [0.25, 0.3) is 0 Å². The molecule has 62 heavy (non-hydrogen) atoms. The number of hydrogen-bond donors (Lipinski definition) is 9. The van der Waals surface area contributed by atoms with Crippen LogP contribution in [-0.2, 0) is 23.7 Å². The highest BCUT2D eigenvalue weighted by Crippen LogP contribution is 2.30. The lowest BCUT2D eigenvalue weighted by Crippen LogP contribution is -2.65. The van der Waals surface area contributed by atoms with Crippen LogP contribution in [0.3, 0.4) is 0 Å². The van der Waals surface area contributed by atoms with Gasteiger partial charge in [0.2, 0.25) is 5.91 Å². The van der Waals surface area contributed by atoms with Crippen LogP contribution in [0.2, 0.25) is 0 Å². The van der Waals surface area contributed by atoms with Crippen molar-refractivity contribution in [2.75, 3.05) is 19.8 Å². The van der Waals surface area contributed by atoms with Crippen molar-refractivity contribution in [3.05, 3.63) is 24.3 Å². The Morgan fingerprint density at radius 1 is 0.565 bits per heavy atom. The van der Waals surface area contributed by atoms with Crippen LogP contribution >= 0.6 is 0 Å². The normalized spacial score (nSPS) is 27.9. The Morgan fingerprint density at radius 3 is 1.58 bits per heavy atom. The molecule has 14 heteroatoms. The summed E-state index contributed by atoms with van der Waals surface area (Å²) in [6.45, 7) is 2.73. The Kier molecular flexibility index (Phi) is 32.6. The summed E-state index contributed by atoms with van der Waals surface area (Å²) in [4.78, 5) is 13.1. The molecular weight excluding hydrogens is 799 g/mol. The zero-order chi connectivity index (χ0) is 45.4. The molecule has 2 aliphatic heterocycles. The van der Waals surface area contributed by atoms with Gasteiger partial charge in [0.15, 0.2) is 12.6 Å². The van der Waals surface area contributed by atoms with Crippen molar-refractivity contribution in [1.29, 1.82) is 0 Å². The van der Waals surface area contributed by atoms with E-state index in [1.165, 1.54) is 116 Å². The molecule has 0 aromatic carbocycles. The molecule has 9 N–H and O–H groups in total. The van der Waals surface area contributed by atoms with Crippen molar-refractivity contribution in [3.8, 4) is 0 Å². The second-order valence-corrected chi connectivity index (χ2v) is 17.6. The summed E-state index contributed by atoms with van der Waals surface area (Å²) in [6, 6.07) is -0.924. The molecule has 0 aliphatic carbocycles. The standard InChI is InChI=1S/C48H89NO13/c1-3-5-7-9-11-13-15-16-17-18-19-20-22-24-26-28-30-32-40(53)49-36(37(52)31-29-27-25-23-21-14-12-10-8-6-4-2)35-59-47-45(58)43(56)46(39(34-51)61-47)62-48-44(57)42(55)41(54)38(33-50)60-48/h21,23,29,31,36-39,41-48,50-52,54-58H,3-20,22,24-28,30,32-35H2,1-2H3,(H,49,53)/b23-21+,31-29+. The highest BCUT2D eigenvalue weighted by molar-refractivity contribution is 5.76. The van der Waals surface area contributed by atoms with E-state index in [9.17, 15) is 45.6 Å². The lowest BCUT2D eigenvalue weighted by atomic mass is 9.97. The third-order valence-electron chi connectivity index (χ3n) is 12.1. The zero-order valence-electron chi connectivity index (χ0n) is 38.4. The van der Waals surface area contributed by atoms with Crippen LogP contribution in [-0.4, -0.2) is 140 Å². The lowest BCUT2D eigenvalue weighted by Gasteiger charge is -2.46. The number of unbranched alkanes of at least 4 members (excludes halogenated alkanes) is 22.